The van der Waals surface area contributed by atoms with Gasteiger partial charge in [0, 0.05) is 37.9 Å². The summed E-state index contributed by atoms with van der Waals surface area (Å²) in [5.41, 5.74) is 6.47. The number of benzene rings is 2. The first kappa shape index (κ1) is 37.9. The molecule has 3 fully saturated rings. The van der Waals surface area contributed by atoms with Crippen molar-refractivity contribution in [3.8, 4) is 39.5 Å². The van der Waals surface area contributed by atoms with Gasteiger partial charge in [-0.15, -0.1) is 0 Å². The van der Waals surface area contributed by atoms with Crippen molar-refractivity contribution in [1.82, 2.24) is 40.5 Å². The van der Waals surface area contributed by atoms with Gasteiger partial charge in [-0.25, -0.2) is 19.7 Å². The van der Waals surface area contributed by atoms with E-state index in [0.29, 0.717) is 29.8 Å². The molecule has 1 saturated heterocycles. The number of methoxy groups -OCH3 is 2. The van der Waals surface area contributed by atoms with Crippen LogP contribution in [0.3, 0.4) is 0 Å². The number of nitrogens with one attached hydrogen (secondary N) is 4. The molecule has 5 N–H and O–H groups in total. The molecule has 57 heavy (non-hydrogen) atoms. The lowest BCUT2D eigenvalue weighted by Crippen LogP contribution is -2.54. The number of nitrogens with zero attached hydrogens (tertiary/aromatic N) is 4. The molecule has 0 spiro atoms. The van der Waals surface area contributed by atoms with Crippen molar-refractivity contribution in [2.75, 3.05) is 20.8 Å². The first-order valence-corrected chi connectivity index (χ1v) is 19.6. The standard InChI is InChI=1S/C43H48N8O6/c1-24(56-2)37(50-43(55)57-3)42(54)51-19-5-7-34(51)38-45-22-32(48-38)27-12-8-25(9-13-27)26-10-14-28(15-11-26)33-23-46-39(49-33)35-29-16-17-30(20-29)36(35)41(53)47-21-31-6-4-18-44-40(31)52/h4,6,8-15,18,22-24,29-30,34-37H,5,7,16-17,19-21H2,1-3H3,(H,44,52)(H,45,48)(H,46,49)(H,47,53)(H,50,55)/t24-,29?,30?,34+,35-,36-,37+/m1/s1. The molecule has 3 aliphatic rings. The number of hydrogen-bond acceptors (Lipinski definition) is 9. The topological polar surface area (TPSA) is 187 Å². The minimum absolute atomic E-state index is 0.00152. The van der Waals surface area contributed by atoms with Crippen molar-refractivity contribution in [2.45, 2.75) is 69.7 Å². The number of ether oxygens (including phenoxy) is 2. The number of rotatable bonds is 12. The van der Waals surface area contributed by atoms with Gasteiger partial charge in [-0.2, -0.15) is 0 Å². The summed E-state index contributed by atoms with van der Waals surface area (Å²) < 4.78 is 10.1. The van der Waals surface area contributed by atoms with Crippen LogP contribution < -0.4 is 10.6 Å². The fourth-order valence-electron chi connectivity index (χ4n) is 9.12. The maximum Gasteiger partial charge on any atom is 0.407 e. The van der Waals surface area contributed by atoms with Gasteiger partial charge in [-0.05, 0) is 79.2 Å². The van der Waals surface area contributed by atoms with E-state index in [-0.39, 0.29) is 42.1 Å². The molecule has 3 amide bonds. The molecule has 14 nitrogen and oxygen atoms in total. The fraction of sp³-hybridized carbons (Fsp3) is 0.395. The molecule has 2 aromatic carbocycles. The van der Waals surface area contributed by atoms with E-state index < -0.39 is 18.2 Å². The molecule has 2 aliphatic carbocycles. The highest BCUT2D eigenvalue weighted by Crippen LogP contribution is 2.56. The summed E-state index contributed by atoms with van der Waals surface area (Å²) in [6.07, 6.45) is 8.68. The number of aromatic hydroxyl groups is 1. The Morgan fingerprint density at radius 2 is 1.49 bits per heavy atom. The summed E-state index contributed by atoms with van der Waals surface area (Å²) in [5, 5.41) is 15.8. The Labute approximate surface area is 330 Å². The van der Waals surface area contributed by atoms with E-state index in [4.69, 9.17) is 14.5 Å². The van der Waals surface area contributed by atoms with Gasteiger partial charge in [0.05, 0.1) is 49.0 Å². The Hall–Kier alpha value is -6.02. The van der Waals surface area contributed by atoms with E-state index in [0.717, 1.165) is 71.6 Å². The third-order valence-corrected chi connectivity index (χ3v) is 12.2. The number of likely N-dealkylation sites (tertiary alicyclic amines) is 1. The Kier molecular flexibility index (Phi) is 10.8. The second-order valence-corrected chi connectivity index (χ2v) is 15.4. The number of carbonyl (C=O) groups is 3. The molecule has 4 heterocycles. The SMILES string of the molecule is COC(=O)N[C@H](C(=O)N1CCC[C@H]1c1ncc(-c2ccc(-c3ccc(-c4cnc([C@@H]5C6CCC(C6)[C@H]5C(=O)NCc5cccnc5O)[nH]4)cc3)cc2)[nH]1)[C@@H](C)OC. The number of H-pyrrole nitrogens is 2. The molecule has 7 atom stereocenters. The van der Waals surface area contributed by atoms with Gasteiger partial charge in [-0.3, -0.25) is 9.59 Å². The third-order valence-electron chi connectivity index (χ3n) is 12.2. The normalized spacial score (nSPS) is 22.3. The van der Waals surface area contributed by atoms with Crippen LogP contribution in [0.2, 0.25) is 0 Å². The lowest BCUT2D eigenvalue weighted by molar-refractivity contribution is -0.137. The van der Waals surface area contributed by atoms with Gasteiger partial charge in [0.15, 0.2) is 0 Å². The number of pyridine rings is 1. The summed E-state index contributed by atoms with van der Waals surface area (Å²) in [7, 11) is 2.76. The maximum absolute atomic E-state index is 13.6. The third kappa shape index (κ3) is 7.61. The summed E-state index contributed by atoms with van der Waals surface area (Å²) in [4.78, 5) is 61.3. The average molecular weight is 773 g/mol. The highest BCUT2D eigenvalue weighted by Gasteiger charge is 2.52. The molecule has 3 aromatic heterocycles. The monoisotopic (exact) mass is 772 g/mol. The van der Waals surface area contributed by atoms with E-state index in [9.17, 15) is 19.5 Å². The van der Waals surface area contributed by atoms with Crippen LogP contribution in [0.15, 0.2) is 79.3 Å². The zero-order chi connectivity index (χ0) is 39.6. The van der Waals surface area contributed by atoms with Crippen molar-refractivity contribution < 1.29 is 29.0 Å². The molecule has 8 rings (SSSR count). The summed E-state index contributed by atoms with van der Waals surface area (Å²) in [5.74, 6) is 1.85. The van der Waals surface area contributed by atoms with Crippen LogP contribution >= 0.6 is 0 Å². The van der Waals surface area contributed by atoms with Crippen LogP contribution in [0.4, 0.5) is 4.79 Å². The Morgan fingerprint density at radius 3 is 2.14 bits per heavy atom. The van der Waals surface area contributed by atoms with Crippen LogP contribution in [0.5, 0.6) is 5.88 Å². The Balaban J connectivity index is 0.918. The smallest absolute Gasteiger partial charge is 0.407 e. The van der Waals surface area contributed by atoms with E-state index in [1.54, 1.807) is 30.2 Å². The lowest BCUT2D eigenvalue weighted by atomic mass is 9.78. The molecule has 1 aliphatic heterocycles. The molecule has 2 saturated carbocycles. The summed E-state index contributed by atoms with van der Waals surface area (Å²) in [6.45, 7) is 2.52. The molecule has 5 aromatic rings. The van der Waals surface area contributed by atoms with Crippen molar-refractivity contribution in [3.63, 3.8) is 0 Å². The van der Waals surface area contributed by atoms with Crippen LogP contribution in [0, 0.1) is 17.8 Å². The predicted molar refractivity (Wildman–Crippen MR) is 211 cm³/mol. The van der Waals surface area contributed by atoms with Crippen LogP contribution in [0.1, 0.15) is 68.2 Å². The summed E-state index contributed by atoms with van der Waals surface area (Å²) >= 11 is 0. The molecular weight excluding hydrogens is 725 g/mol. The van der Waals surface area contributed by atoms with Crippen LogP contribution in [-0.4, -0.2) is 85.7 Å². The number of carbonyl (C=O) groups excluding carboxylic acids is 3. The highest BCUT2D eigenvalue weighted by molar-refractivity contribution is 5.87. The van der Waals surface area contributed by atoms with E-state index in [2.05, 4.69) is 79.1 Å². The minimum atomic E-state index is -0.891. The van der Waals surface area contributed by atoms with Gasteiger partial charge >= 0.3 is 6.09 Å². The minimum Gasteiger partial charge on any atom is -0.493 e. The van der Waals surface area contributed by atoms with Crippen LogP contribution in [-0.2, 0) is 25.6 Å². The Morgan fingerprint density at radius 1 is 0.860 bits per heavy atom. The van der Waals surface area contributed by atoms with Crippen molar-refractivity contribution >= 4 is 17.9 Å². The van der Waals surface area contributed by atoms with Crippen LogP contribution in [0.25, 0.3) is 33.6 Å². The number of alkyl carbamates (subject to hydrolysis) is 1. The molecule has 14 heteroatoms. The second-order valence-electron chi connectivity index (χ2n) is 15.4. The number of amides is 3. The Bertz CT molecular complexity index is 2220. The first-order valence-electron chi connectivity index (χ1n) is 19.6. The zero-order valence-corrected chi connectivity index (χ0v) is 32.3. The quantitative estimate of drug-likeness (QED) is 0.0999. The van der Waals surface area contributed by atoms with Gasteiger partial charge in [0.2, 0.25) is 17.7 Å². The highest BCUT2D eigenvalue weighted by atomic mass is 16.5. The zero-order valence-electron chi connectivity index (χ0n) is 32.3. The number of fused-ring (bicyclic) bond motifs is 2. The van der Waals surface area contributed by atoms with E-state index >= 15 is 0 Å². The summed E-state index contributed by atoms with van der Waals surface area (Å²) in [6, 6.07) is 19.0. The lowest BCUT2D eigenvalue weighted by Gasteiger charge is -2.30. The first-order chi connectivity index (χ1) is 27.7. The number of aromatic amines is 2. The van der Waals surface area contributed by atoms with E-state index in [1.165, 1.54) is 20.4 Å². The second kappa shape index (κ2) is 16.2. The predicted octanol–water partition coefficient (Wildman–Crippen LogP) is 6.10. The molecule has 0 radical (unpaired) electrons. The van der Waals surface area contributed by atoms with Gasteiger partial charge in [0.25, 0.3) is 0 Å². The van der Waals surface area contributed by atoms with E-state index in [1.807, 2.05) is 6.20 Å². The molecular formula is C43H48N8O6. The van der Waals surface area contributed by atoms with Gasteiger partial charge in [0.1, 0.15) is 17.7 Å². The van der Waals surface area contributed by atoms with Crippen molar-refractivity contribution in [3.05, 3.63) is 96.5 Å². The maximum atomic E-state index is 13.6. The van der Waals surface area contributed by atoms with Gasteiger partial charge in [-0.1, -0.05) is 54.6 Å². The van der Waals surface area contributed by atoms with Crippen molar-refractivity contribution in [2.24, 2.45) is 17.8 Å². The van der Waals surface area contributed by atoms with Gasteiger partial charge < -0.3 is 40.1 Å². The average Bonchev–Trinajstić information content (AvgIpc) is 4.10. The molecule has 2 unspecified atom stereocenters. The largest absolute Gasteiger partial charge is 0.493 e. The number of aromatic nitrogens is 5. The molecule has 296 valence electrons. The fourth-order valence-corrected chi connectivity index (χ4v) is 9.12. The van der Waals surface area contributed by atoms with Crippen molar-refractivity contribution in [1.29, 1.82) is 0 Å². The number of imidazole rings is 2. The molecule has 2 bridgehead atoms. The number of hydrogen-bond donors (Lipinski definition) is 5.